The van der Waals surface area contributed by atoms with Gasteiger partial charge in [0.2, 0.25) is 11.9 Å². The van der Waals surface area contributed by atoms with Crippen molar-refractivity contribution >= 4 is 17.8 Å². The molecule has 19 heavy (non-hydrogen) atoms. The van der Waals surface area contributed by atoms with Gasteiger partial charge in [-0.1, -0.05) is 12.1 Å². The molecule has 0 aliphatic carbocycles. The number of rotatable bonds is 2. The van der Waals surface area contributed by atoms with E-state index in [1.807, 2.05) is 24.3 Å². The molecule has 1 aliphatic heterocycles. The molecule has 0 saturated carbocycles. The molecule has 7 nitrogen and oxygen atoms in total. The maximum atomic E-state index is 11.9. The van der Waals surface area contributed by atoms with Crippen LogP contribution in [0.15, 0.2) is 24.3 Å². The van der Waals surface area contributed by atoms with E-state index in [1.165, 1.54) is 4.68 Å². The average Bonchev–Trinajstić information content (AvgIpc) is 2.80. The number of ether oxygens (including phenoxy) is 1. The van der Waals surface area contributed by atoms with Gasteiger partial charge in [-0.25, -0.2) is 0 Å². The first-order valence-electron chi connectivity index (χ1n) is 5.83. The van der Waals surface area contributed by atoms with E-state index in [2.05, 4.69) is 15.4 Å². The first-order valence-corrected chi connectivity index (χ1v) is 5.83. The molecule has 98 valence electrons. The molecular formula is C12H13N5O2. The molecule has 2 heterocycles. The van der Waals surface area contributed by atoms with E-state index in [1.54, 1.807) is 7.11 Å². The third kappa shape index (κ3) is 1.99. The molecule has 7 heteroatoms. The molecular weight excluding hydrogens is 246 g/mol. The first-order chi connectivity index (χ1) is 9.17. The zero-order valence-corrected chi connectivity index (χ0v) is 10.3. The smallest absolute Gasteiger partial charge is 0.252 e. The number of benzene rings is 1. The largest absolute Gasteiger partial charge is 0.497 e. The lowest BCUT2D eigenvalue weighted by atomic mass is 10.0. The number of nitrogens with zero attached hydrogens (tertiary/aromatic N) is 3. The highest BCUT2D eigenvalue weighted by atomic mass is 16.5. The summed E-state index contributed by atoms with van der Waals surface area (Å²) in [6.45, 7) is 0. The Balaban J connectivity index is 1.89. The molecule has 1 aliphatic rings. The second kappa shape index (κ2) is 4.27. The summed E-state index contributed by atoms with van der Waals surface area (Å²) in [7, 11) is 1.61. The van der Waals surface area contributed by atoms with Crippen molar-refractivity contribution in [3.05, 3.63) is 29.8 Å². The third-order valence-electron chi connectivity index (χ3n) is 3.06. The van der Waals surface area contributed by atoms with Gasteiger partial charge in [-0.3, -0.25) is 4.79 Å². The Morgan fingerprint density at radius 3 is 2.84 bits per heavy atom. The lowest BCUT2D eigenvalue weighted by molar-refractivity contribution is 0.0872. The molecule has 0 amide bonds. The summed E-state index contributed by atoms with van der Waals surface area (Å²) < 4.78 is 6.31. The topological polar surface area (TPSA) is 95.1 Å². The lowest BCUT2D eigenvalue weighted by Gasteiger charge is -2.23. The van der Waals surface area contributed by atoms with Gasteiger partial charge in [0.25, 0.3) is 5.91 Å². The maximum absolute atomic E-state index is 11.9. The zero-order valence-electron chi connectivity index (χ0n) is 10.3. The SMILES string of the molecule is COc1ccc(C2CC(=O)n3nc(N)nc3N2)cc1. The van der Waals surface area contributed by atoms with Gasteiger partial charge in [0.15, 0.2) is 0 Å². The first kappa shape index (κ1) is 11.5. The molecule has 3 rings (SSSR count). The summed E-state index contributed by atoms with van der Waals surface area (Å²) in [5.74, 6) is 1.12. The quantitative estimate of drug-likeness (QED) is 0.837. The molecule has 1 aromatic carbocycles. The van der Waals surface area contributed by atoms with E-state index in [0.717, 1.165) is 11.3 Å². The fraction of sp³-hybridized carbons (Fsp3) is 0.250. The maximum Gasteiger partial charge on any atom is 0.252 e. The fourth-order valence-corrected chi connectivity index (χ4v) is 2.10. The van der Waals surface area contributed by atoms with E-state index in [0.29, 0.717) is 12.4 Å². The van der Waals surface area contributed by atoms with Crippen molar-refractivity contribution in [3.63, 3.8) is 0 Å². The van der Waals surface area contributed by atoms with Gasteiger partial charge in [-0.2, -0.15) is 9.67 Å². The van der Waals surface area contributed by atoms with Gasteiger partial charge in [-0.15, -0.1) is 5.10 Å². The number of carbonyl (C=O) groups is 1. The van der Waals surface area contributed by atoms with Gasteiger partial charge in [0.1, 0.15) is 5.75 Å². The van der Waals surface area contributed by atoms with Crippen LogP contribution in [0.25, 0.3) is 0 Å². The van der Waals surface area contributed by atoms with Crippen LogP contribution >= 0.6 is 0 Å². The Labute approximate surface area is 109 Å². The Bertz CT molecular complexity index is 620. The van der Waals surface area contributed by atoms with Crippen LogP contribution in [0.3, 0.4) is 0 Å². The number of nitrogens with one attached hydrogen (secondary N) is 1. The van der Waals surface area contributed by atoms with Crippen molar-refractivity contribution in [2.75, 3.05) is 18.2 Å². The summed E-state index contributed by atoms with van der Waals surface area (Å²) in [5, 5.41) is 6.99. The number of hydrogen-bond donors (Lipinski definition) is 2. The fourth-order valence-electron chi connectivity index (χ4n) is 2.10. The molecule has 0 bridgehead atoms. The minimum Gasteiger partial charge on any atom is -0.497 e. The van der Waals surface area contributed by atoms with Gasteiger partial charge in [0.05, 0.1) is 19.6 Å². The second-order valence-electron chi connectivity index (χ2n) is 4.27. The van der Waals surface area contributed by atoms with Crippen LogP contribution < -0.4 is 15.8 Å². The number of aromatic nitrogens is 3. The van der Waals surface area contributed by atoms with Crippen LogP contribution in [0.4, 0.5) is 11.9 Å². The Morgan fingerprint density at radius 2 is 2.16 bits per heavy atom. The normalized spacial score (nSPS) is 17.7. The predicted molar refractivity (Wildman–Crippen MR) is 69.0 cm³/mol. The van der Waals surface area contributed by atoms with E-state index in [9.17, 15) is 4.79 Å². The van der Waals surface area contributed by atoms with Crippen LogP contribution in [-0.2, 0) is 0 Å². The Kier molecular flexibility index (Phi) is 2.59. The van der Waals surface area contributed by atoms with Crippen molar-refractivity contribution in [3.8, 4) is 5.75 Å². The molecule has 0 radical (unpaired) electrons. The van der Waals surface area contributed by atoms with Crippen LogP contribution in [0, 0.1) is 0 Å². The summed E-state index contributed by atoms with van der Waals surface area (Å²) in [4.78, 5) is 15.9. The molecule has 0 spiro atoms. The number of nitrogens with two attached hydrogens (primary N) is 1. The van der Waals surface area contributed by atoms with E-state index in [4.69, 9.17) is 10.5 Å². The van der Waals surface area contributed by atoms with Gasteiger partial charge < -0.3 is 15.8 Å². The second-order valence-corrected chi connectivity index (χ2v) is 4.27. The molecule has 1 aromatic heterocycles. The number of anilines is 2. The van der Waals surface area contributed by atoms with Crippen LogP contribution in [0.1, 0.15) is 22.8 Å². The van der Waals surface area contributed by atoms with Crippen LogP contribution in [0.5, 0.6) is 5.75 Å². The van der Waals surface area contributed by atoms with Crippen molar-refractivity contribution in [1.29, 1.82) is 0 Å². The standard InChI is InChI=1S/C12H13N5O2/c1-19-8-4-2-7(3-5-8)9-6-10(18)17-12(14-9)15-11(13)16-17/h2-5,9H,6H2,1H3,(H3,13,14,15,16). The molecule has 3 N–H and O–H groups in total. The summed E-state index contributed by atoms with van der Waals surface area (Å²) in [5.41, 5.74) is 6.48. The average molecular weight is 259 g/mol. The van der Waals surface area contributed by atoms with Gasteiger partial charge in [-0.05, 0) is 17.7 Å². The Hall–Kier alpha value is -2.57. The highest BCUT2D eigenvalue weighted by Crippen LogP contribution is 2.28. The van der Waals surface area contributed by atoms with E-state index in [-0.39, 0.29) is 17.9 Å². The lowest BCUT2D eigenvalue weighted by Crippen LogP contribution is -2.28. The predicted octanol–water partition coefficient (Wildman–Crippen LogP) is 1.07. The van der Waals surface area contributed by atoms with E-state index < -0.39 is 0 Å². The van der Waals surface area contributed by atoms with Crippen molar-refractivity contribution < 1.29 is 9.53 Å². The van der Waals surface area contributed by atoms with Crippen molar-refractivity contribution in [2.45, 2.75) is 12.5 Å². The zero-order chi connectivity index (χ0) is 13.4. The van der Waals surface area contributed by atoms with Crippen LogP contribution in [-0.4, -0.2) is 27.8 Å². The van der Waals surface area contributed by atoms with Crippen molar-refractivity contribution in [1.82, 2.24) is 14.8 Å². The molecule has 1 atom stereocenters. The Morgan fingerprint density at radius 1 is 1.42 bits per heavy atom. The molecule has 2 aromatic rings. The minimum atomic E-state index is -0.130. The van der Waals surface area contributed by atoms with Crippen LogP contribution in [0.2, 0.25) is 0 Å². The molecule has 0 saturated heterocycles. The minimum absolute atomic E-state index is 0.0891. The highest BCUT2D eigenvalue weighted by Gasteiger charge is 2.27. The van der Waals surface area contributed by atoms with Crippen molar-refractivity contribution in [2.24, 2.45) is 0 Å². The number of hydrogen-bond acceptors (Lipinski definition) is 6. The monoisotopic (exact) mass is 259 g/mol. The molecule has 0 fully saturated rings. The summed E-state index contributed by atoms with van der Waals surface area (Å²) in [6, 6.07) is 7.41. The van der Waals surface area contributed by atoms with E-state index >= 15 is 0 Å². The highest BCUT2D eigenvalue weighted by molar-refractivity contribution is 5.84. The molecule has 1 unspecified atom stereocenters. The third-order valence-corrected chi connectivity index (χ3v) is 3.06. The summed E-state index contributed by atoms with van der Waals surface area (Å²) >= 11 is 0. The van der Waals surface area contributed by atoms with Gasteiger partial charge >= 0.3 is 0 Å². The number of nitrogen functional groups attached to an aromatic ring is 1. The van der Waals surface area contributed by atoms with Gasteiger partial charge in [0, 0.05) is 0 Å². The number of carbonyl (C=O) groups excluding carboxylic acids is 1. The summed E-state index contributed by atoms with van der Waals surface area (Å²) in [6.07, 6.45) is 0.308. The number of fused-ring (bicyclic) bond motifs is 1. The number of methoxy groups -OCH3 is 1.